The first-order chi connectivity index (χ1) is 15.2. The molecule has 32 heavy (non-hydrogen) atoms. The summed E-state index contributed by atoms with van der Waals surface area (Å²) < 4.78 is 47.3. The minimum absolute atomic E-state index is 0.118. The fourth-order valence-corrected chi connectivity index (χ4v) is 4.49. The van der Waals surface area contributed by atoms with Crippen molar-refractivity contribution >= 4 is 21.6 Å². The van der Waals surface area contributed by atoms with Crippen LogP contribution in [0.2, 0.25) is 0 Å². The van der Waals surface area contributed by atoms with Crippen molar-refractivity contribution in [2.75, 3.05) is 18.9 Å². The Morgan fingerprint density at radius 3 is 2.38 bits per heavy atom. The highest BCUT2D eigenvalue weighted by Gasteiger charge is 2.23. The van der Waals surface area contributed by atoms with Gasteiger partial charge in [0.15, 0.2) is 0 Å². The standard InChI is InChI=1S/C24H25FN2O4S/c1-4-17-8-11-21(12-9-17)26-32(29,30)23-15-19(10-13-22(23)31-3)24(28)27(2)16-18-6-5-7-20(25)14-18/h5-15,26H,4,16H2,1-3H3. The lowest BCUT2D eigenvalue weighted by Gasteiger charge is -2.19. The van der Waals surface area contributed by atoms with E-state index < -0.39 is 15.9 Å². The number of carbonyl (C=O) groups is 1. The molecule has 0 aliphatic carbocycles. The smallest absolute Gasteiger partial charge is 0.265 e. The summed E-state index contributed by atoms with van der Waals surface area (Å²) in [7, 11) is -1.09. The Hall–Kier alpha value is -3.39. The van der Waals surface area contributed by atoms with Crippen LogP contribution in [-0.2, 0) is 23.0 Å². The molecule has 0 radical (unpaired) electrons. The number of rotatable bonds is 8. The first-order valence-corrected chi connectivity index (χ1v) is 11.5. The van der Waals surface area contributed by atoms with E-state index in [2.05, 4.69) is 4.72 Å². The maximum absolute atomic E-state index is 13.4. The number of aryl methyl sites for hydroxylation is 1. The Labute approximate surface area is 187 Å². The maximum Gasteiger partial charge on any atom is 0.265 e. The molecule has 1 amide bonds. The van der Waals surface area contributed by atoms with Crippen molar-refractivity contribution in [3.8, 4) is 5.75 Å². The lowest BCUT2D eigenvalue weighted by atomic mass is 10.1. The number of hydrogen-bond acceptors (Lipinski definition) is 4. The molecule has 0 unspecified atom stereocenters. The van der Waals surface area contributed by atoms with Gasteiger partial charge in [-0.05, 0) is 60.0 Å². The van der Waals surface area contributed by atoms with Gasteiger partial charge in [-0.2, -0.15) is 0 Å². The monoisotopic (exact) mass is 456 g/mol. The molecule has 0 aromatic heterocycles. The van der Waals surface area contributed by atoms with Crippen molar-refractivity contribution in [1.29, 1.82) is 0 Å². The van der Waals surface area contributed by atoms with Crippen molar-refractivity contribution in [2.24, 2.45) is 0 Å². The first kappa shape index (κ1) is 23.3. The average molecular weight is 457 g/mol. The fraction of sp³-hybridized carbons (Fsp3) is 0.208. The molecular weight excluding hydrogens is 431 g/mol. The van der Waals surface area contributed by atoms with Crippen molar-refractivity contribution in [3.05, 3.63) is 89.2 Å². The molecular formula is C24H25FN2O4S. The lowest BCUT2D eigenvalue weighted by molar-refractivity contribution is 0.0784. The van der Waals surface area contributed by atoms with Gasteiger partial charge < -0.3 is 9.64 Å². The molecule has 0 heterocycles. The van der Waals surface area contributed by atoms with Crippen LogP contribution in [0.1, 0.15) is 28.4 Å². The van der Waals surface area contributed by atoms with Crippen LogP contribution >= 0.6 is 0 Å². The quantitative estimate of drug-likeness (QED) is 0.543. The van der Waals surface area contributed by atoms with Gasteiger partial charge >= 0.3 is 0 Å². The van der Waals surface area contributed by atoms with Crippen LogP contribution in [-0.4, -0.2) is 33.4 Å². The summed E-state index contributed by atoms with van der Waals surface area (Å²) >= 11 is 0. The molecule has 0 aliphatic heterocycles. The number of sulfonamides is 1. The van der Waals surface area contributed by atoms with E-state index in [1.807, 2.05) is 19.1 Å². The summed E-state index contributed by atoms with van der Waals surface area (Å²) in [5.74, 6) is -0.674. The van der Waals surface area contributed by atoms with Crippen molar-refractivity contribution in [2.45, 2.75) is 24.8 Å². The molecule has 0 spiro atoms. The summed E-state index contributed by atoms with van der Waals surface area (Å²) in [5, 5.41) is 0. The first-order valence-electron chi connectivity index (χ1n) is 10.0. The molecule has 168 valence electrons. The van der Waals surface area contributed by atoms with Gasteiger partial charge in [0.1, 0.15) is 16.5 Å². The van der Waals surface area contributed by atoms with Crippen LogP contribution in [0.15, 0.2) is 71.6 Å². The van der Waals surface area contributed by atoms with E-state index in [1.54, 1.807) is 31.3 Å². The summed E-state index contributed by atoms with van der Waals surface area (Å²) in [6.07, 6.45) is 0.841. The zero-order valence-electron chi connectivity index (χ0n) is 18.1. The van der Waals surface area contributed by atoms with Gasteiger partial charge in [0, 0.05) is 24.8 Å². The third-order valence-corrected chi connectivity index (χ3v) is 6.37. The normalized spacial score (nSPS) is 11.1. The highest BCUT2D eigenvalue weighted by atomic mass is 32.2. The average Bonchev–Trinajstić information content (AvgIpc) is 2.78. The van der Waals surface area contributed by atoms with E-state index in [0.717, 1.165) is 12.0 Å². The van der Waals surface area contributed by atoms with Crippen LogP contribution in [0.4, 0.5) is 10.1 Å². The van der Waals surface area contributed by atoms with Crippen LogP contribution in [0.3, 0.4) is 0 Å². The minimum atomic E-state index is -4.02. The molecule has 0 saturated carbocycles. The largest absolute Gasteiger partial charge is 0.495 e. The zero-order valence-corrected chi connectivity index (χ0v) is 18.9. The highest BCUT2D eigenvalue weighted by molar-refractivity contribution is 7.92. The van der Waals surface area contributed by atoms with Gasteiger partial charge in [0.25, 0.3) is 15.9 Å². The van der Waals surface area contributed by atoms with Crippen LogP contribution in [0.25, 0.3) is 0 Å². The predicted octanol–water partition coefficient (Wildman–Crippen LogP) is 4.47. The van der Waals surface area contributed by atoms with E-state index in [4.69, 9.17) is 4.74 Å². The van der Waals surface area contributed by atoms with Crippen LogP contribution in [0, 0.1) is 5.82 Å². The molecule has 3 aromatic carbocycles. The molecule has 0 fully saturated rings. The van der Waals surface area contributed by atoms with Gasteiger partial charge in [-0.3, -0.25) is 9.52 Å². The van der Waals surface area contributed by atoms with E-state index >= 15 is 0 Å². The molecule has 0 atom stereocenters. The second kappa shape index (κ2) is 9.82. The number of ether oxygens (including phenoxy) is 1. The van der Waals surface area contributed by atoms with Crippen molar-refractivity contribution in [1.82, 2.24) is 4.90 Å². The summed E-state index contributed by atoms with van der Waals surface area (Å²) in [5.41, 5.74) is 2.29. The van der Waals surface area contributed by atoms with Crippen molar-refractivity contribution in [3.63, 3.8) is 0 Å². The Morgan fingerprint density at radius 2 is 1.75 bits per heavy atom. The summed E-state index contributed by atoms with van der Waals surface area (Å²) in [4.78, 5) is 14.2. The number of methoxy groups -OCH3 is 1. The van der Waals surface area contributed by atoms with E-state index in [0.29, 0.717) is 11.3 Å². The number of nitrogens with zero attached hydrogens (tertiary/aromatic N) is 1. The second-order valence-corrected chi connectivity index (χ2v) is 8.96. The fourth-order valence-electron chi connectivity index (χ4n) is 3.24. The molecule has 0 bridgehead atoms. The van der Waals surface area contributed by atoms with E-state index in [-0.39, 0.29) is 28.6 Å². The van der Waals surface area contributed by atoms with Gasteiger partial charge in [0.05, 0.1) is 7.11 Å². The number of hydrogen-bond donors (Lipinski definition) is 1. The third-order valence-electron chi connectivity index (χ3n) is 4.97. The second-order valence-electron chi connectivity index (χ2n) is 7.31. The summed E-state index contributed by atoms with van der Waals surface area (Å²) in [6, 6.07) is 17.2. The topological polar surface area (TPSA) is 75.7 Å². The maximum atomic E-state index is 13.4. The number of benzene rings is 3. The molecule has 1 N–H and O–H groups in total. The molecule has 0 aliphatic rings. The Kier molecular flexibility index (Phi) is 7.15. The van der Waals surface area contributed by atoms with Gasteiger partial charge in [0.2, 0.25) is 0 Å². The number of amides is 1. The number of carbonyl (C=O) groups excluding carboxylic acids is 1. The third kappa shape index (κ3) is 5.45. The number of nitrogens with one attached hydrogen (secondary N) is 1. The van der Waals surface area contributed by atoms with Crippen molar-refractivity contribution < 1.29 is 22.3 Å². The number of anilines is 1. The zero-order chi connectivity index (χ0) is 23.3. The van der Waals surface area contributed by atoms with Gasteiger partial charge in [-0.25, -0.2) is 12.8 Å². The highest BCUT2D eigenvalue weighted by Crippen LogP contribution is 2.28. The Morgan fingerprint density at radius 1 is 1.03 bits per heavy atom. The van der Waals surface area contributed by atoms with Crippen LogP contribution in [0.5, 0.6) is 5.75 Å². The Balaban J connectivity index is 1.87. The summed E-state index contributed by atoms with van der Waals surface area (Å²) in [6.45, 7) is 2.19. The van der Waals surface area contributed by atoms with Crippen LogP contribution < -0.4 is 9.46 Å². The minimum Gasteiger partial charge on any atom is -0.495 e. The van der Waals surface area contributed by atoms with Gasteiger partial charge in [-0.1, -0.05) is 31.2 Å². The SMILES string of the molecule is CCc1ccc(NS(=O)(=O)c2cc(C(=O)N(C)Cc3cccc(F)c3)ccc2OC)cc1. The number of halogens is 1. The van der Waals surface area contributed by atoms with E-state index in [1.165, 1.54) is 42.3 Å². The molecule has 6 nitrogen and oxygen atoms in total. The molecule has 3 rings (SSSR count). The van der Waals surface area contributed by atoms with Gasteiger partial charge in [-0.15, -0.1) is 0 Å². The molecule has 3 aromatic rings. The molecule has 0 saturated heterocycles. The molecule has 8 heteroatoms. The lowest BCUT2D eigenvalue weighted by Crippen LogP contribution is -2.26. The Bertz CT molecular complexity index is 1210. The predicted molar refractivity (Wildman–Crippen MR) is 122 cm³/mol. The van der Waals surface area contributed by atoms with E-state index in [9.17, 15) is 17.6 Å².